The molecule has 0 amide bonds. The van der Waals surface area contributed by atoms with Crippen molar-refractivity contribution in [1.29, 1.82) is 5.26 Å². The van der Waals surface area contributed by atoms with Crippen LogP contribution in [0.3, 0.4) is 0 Å². The summed E-state index contributed by atoms with van der Waals surface area (Å²) in [7, 11) is 0. The Hall–Kier alpha value is -0.550. The van der Waals surface area contributed by atoms with E-state index < -0.39 is 0 Å². The highest BCUT2D eigenvalue weighted by molar-refractivity contribution is 5.14. The lowest BCUT2D eigenvalue weighted by atomic mass is 10.1. The number of nitriles is 1. The van der Waals surface area contributed by atoms with Crippen LogP contribution >= 0.6 is 0 Å². The third-order valence-electron chi connectivity index (χ3n) is 2.62. The zero-order valence-electron chi connectivity index (χ0n) is 5.12. The minimum atomic E-state index is -0.153. The van der Waals surface area contributed by atoms with E-state index in [1.165, 1.54) is 0 Å². The van der Waals surface area contributed by atoms with Gasteiger partial charge in [0.15, 0.2) is 0 Å². The molecule has 2 saturated carbocycles. The summed E-state index contributed by atoms with van der Waals surface area (Å²) in [6, 6.07) is 2.21. The van der Waals surface area contributed by atoms with Crippen molar-refractivity contribution < 1.29 is 5.11 Å². The van der Waals surface area contributed by atoms with E-state index in [2.05, 4.69) is 6.07 Å². The molecule has 0 spiro atoms. The Labute approximate surface area is 54.1 Å². The van der Waals surface area contributed by atoms with Gasteiger partial charge in [0.1, 0.15) is 0 Å². The van der Waals surface area contributed by atoms with E-state index >= 15 is 0 Å². The molecule has 1 N–H and O–H groups in total. The average molecular weight is 123 g/mol. The molecular formula is C7H9NO. The van der Waals surface area contributed by atoms with Gasteiger partial charge in [0.05, 0.1) is 18.1 Å². The maximum atomic E-state index is 9.19. The van der Waals surface area contributed by atoms with Gasteiger partial charge in [0, 0.05) is 5.92 Å². The van der Waals surface area contributed by atoms with Crippen LogP contribution in [0.2, 0.25) is 0 Å². The highest BCUT2D eigenvalue weighted by atomic mass is 16.3. The van der Waals surface area contributed by atoms with Crippen molar-refractivity contribution >= 4 is 0 Å². The standard InChI is InChI=1S/C7H9NO/c8-3-5-4-1-2-6(9)7(4)5/h4-7,9H,1-2H2/t4-,5+,6-,7-/m1/s1. The van der Waals surface area contributed by atoms with Gasteiger partial charge in [-0.05, 0) is 18.8 Å². The molecule has 2 aliphatic rings. The number of nitrogens with zero attached hydrogens (tertiary/aromatic N) is 1. The van der Waals surface area contributed by atoms with Crippen LogP contribution in [0.15, 0.2) is 0 Å². The molecule has 0 aliphatic heterocycles. The highest BCUT2D eigenvalue weighted by Gasteiger charge is 2.57. The summed E-state index contributed by atoms with van der Waals surface area (Å²) >= 11 is 0. The highest BCUT2D eigenvalue weighted by Crippen LogP contribution is 2.56. The molecule has 0 saturated heterocycles. The smallest absolute Gasteiger partial charge is 0.0662 e. The normalized spacial score (nSPS) is 54.2. The molecule has 0 heterocycles. The third-order valence-corrected chi connectivity index (χ3v) is 2.62. The van der Waals surface area contributed by atoms with Gasteiger partial charge in [-0.1, -0.05) is 0 Å². The Morgan fingerprint density at radius 1 is 1.44 bits per heavy atom. The molecule has 4 atom stereocenters. The molecule has 48 valence electrons. The van der Waals surface area contributed by atoms with Crippen LogP contribution in [0.1, 0.15) is 12.8 Å². The molecule has 9 heavy (non-hydrogen) atoms. The first-order valence-corrected chi connectivity index (χ1v) is 3.42. The summed E-state index contributed by atoms with van der Waals surface area (Å²) in [6.45, 7) is 0. The van der Waals surface area contributed by atoms with E-state index in [0.717, 1.165) is 12.8 Å². The minimum absolute atomic E-state index is 0.153. The van der Waals surface area contributed by atoms with Crippen molar-refractivity contribution in [1.82, 2.24) is 0 Å². The van der Waals surface area contributed by atoms with Crippen molar-refractivity contribution in [2.45, 2.75) is 18.9 Å². The van der Waals surface area contributed by atoms with Crippen LogP contribution in [-0.4, -0.2) is 11.2 Å². The van der Waals surface area contributed by atoms with Crippen molar-refractivity contribution in [2.24, 2.45) is 17.8 Å². The maximum Gasteiger partial charge on any atom is 0.0662 e. The summed E-state index contributed by atoms with van der Waals surface area (Å²) in [5, 5.41) is 17.7. The average Bonchev–Trinajstić information content (AvgIpc) is 2.46. The fourth-order valence-electron chi connectivity index (χ4n) is 2.03. The predicted octanol–water partition coefficient (Wildman–Crippen LogP) is 0.527. The lowest BCUT2D eigenvalue weighted by molar-refractivity contribution is 0.154. The maximum absolute atomic E-state index is 9.19. The molecule has 2 fully saturated rings. The Morgan fingerprint density at radius 3 is 2.56 bits per heavy atom. The first-order chi connectivity index (χ1) is 4.34. The Kier molecular flexibility index (Phi) is 0.866. The topological polar surface area (TPSA) is 44.0 Å². The lowest BCUT2D eigenvalue weighted by Crippen LogP contribution is -2.06. The lowest BCUT2D eigenvalue weighted by Gasteiger charge is -2.00. The van der Waals surface area contributed by atoms with Gasteiger partial charge in [0.2, 0.25) is 0 Å². The Bertz CT molecular complexity index is 172. The first-order valence-electron chi connectivity index (χ1n) is 3.42. The van der Waals surface area contributed by atoms with Gasteiger partial charge >= 0.3 is 0 Å². The van der Waals surface area contributed by atoms with Crippen LogP contribution in [0, 0.1) is 29.1 Å². The Morgan fingerprint density at radius 2 is 2.22 bits per heavy atom. The number of aliphatic hydroxyl groups excluding tert-OH is 1. The number of fused-ring (bicyclic) bond motifs is 1. The largest absolute Gasteiger partial charge is 0.393 e. The predicted molar refractivity (Wildman–Crippen MR) is 31.3 cm³/mol. The minimum Gasteiger partial charge on any atom is -0.393 e. The first kappa shape index (κ1) is 5.25. The molecule has 0 aromatic carbocycles. The number of hydrogen-bond donors (Lipinski definition) is 1. The van der Waals surface area contributed by atoms with Crippen molar-refractivity contribution in [3.8, 4) is 6.07 Å². The van der Waals surface area contributed by atoms with Crippen LogP contribution < -0.4 is 0 Å². The fraction of sp³-hybridized carbons (Fsp3) is 0.857. The van der Waals surface area contributed by atoms with Gasteiger partial charge < -0.3 is 5.11 Å². The van der Waals surface area contributed by atoms with Crippen molar-refractivity contribution in [3.05, 3.63) is 0 Å². The second-order valence-corrected chi connectivity index (χ2v) is 3.04. The summed E-state index contributed by atoms with van der Waals surface area (Å²) in [6.07, 6.45) is 1.84. The molecule has 0 bridgehead atoms. The molecule has 0 aromatic rings. The van der Waals surface area contributed by atoms with E-state index in [1.807, 2.05) is 0 Å². The summed E-state index contributed by atoms with van der Waals surface area (Å²) in [4.78, 5) is 0. The van der Waals surface area contributed by atoms with E-state index in [4.69, 9.17) is 5.26 Å². The fourth-order valence-corrected chi connectivity index (χ4v) is 2.03. The summed E-state index contributed by atoms with van der Waals surface area (Å²) in [5.41, 5.74) is 0. The third kappa shape index (κ3) is 0.529. The Balaban J connectivity index is 2.08. The number of aliphatic hydroxyl groups is 1. The van der Waals surface area contributed by atoms with E-state index in [9.17, 15) is 5.11 Å². The van der Waals surface area contributed by atoms with E-state index in [0.29, 0.717) is 11.8 Å². The zero-order chi connectivity index (χ0) is 6.43. The van der Waals surface area contributed by atoms with E-state index in [1.54, 1.807) is 0 Å². The molecule has 2 rings (SSSR count). The van der Waals surface area contributed by atoms with Crippen molar-refractivity contribution in [2.75, 3.05) is 0 Å². The van der Waals surface area contributed by atoms with Gasteiger partial charge in [-0.15, -0.1) is 0 Å². The molecule has 2 nitrogen and oxygen atoms in total. The van der Waals surface area contributed by atoms with Gasteiger partial charge in [0.25, 0.3) is 0 Å². The second-order valence-electron chi connectivity index (χ2n) is 3.04. The van der Waals surface area contributed by atoms with Crippen LogP contribution in [0.5, 0.6) is 0 Å². The second kappa shape index (κ2) is 1.48. The molecular weight excluding hydrogens is 114 g/mol. The van der Waals surface area contributed by atoms with Crippen LogP contribution in [-0.2, 0) is 0 Å². The quantitative estimate of drug-likeness (QED) is 0.510. The van der Waals surface area contributed by atoms with Crippen LogP contribution in [0.4, 0.5) is 0 Å². The van der Waals surface area contributed by atoms with Gasteiger partial charge in [-0.3, -0.25) is 0 Å². The molecule has 2 heteroatoms. The number of rotatable bonds is 0. The summed E-state index contributed by atoms with van der Waals surface area (Å²) < 4.78 is 0. The zero-order valence-corrected chi connectivity index (χ0v) is 5.12. The molecule has 0 radical (unpaired) electrons. The van der Waals surface area contributed by atoms with Crippen LogP contribution in [0.25, 0.3) is 0 Å². The van der Waals surface area contributed by atoms with Gasteiger partial charge in [-0.2, -0.15) is 5.26 Å². The van der Waals surface area contributed by atoms with Gasteiger partial charge in [-0.25, -0.2) is 0 Å². The number of hydrogen-bond acceptors (Lipinski definition) is 2. The SMILES string of the molecule is N#C[C@H]1[C@H]2CC[C@@H](O)[C@@H]12. The van der Waals surface area contributed by atoms with E-state index in [-0.39, 0.29) is 12.0 Å². The monoisotopic (exact) mass is 123 g/mol. The molecule has 0 unspecified atom stereocenters. The molecule has 2 aliphatic carbocycles. The summed E-state index contributed by atoms with van der Waals surface area (Å²) in [5.74, 6) is 1.12. The van der Waals surface area contributed by atoms with Crippen molar-refractivity contribution in [3.63, 3.8) is 0 Å². The molecule has 0 aromatic heterocycles.